The number of aromatic nitrogens is 1. The quantitative estimate of drug-likeness (QED) is 0.759. The molecule has 3 nitrogen and oxygen atoms in total. The first-order chi connectivity index (χ1) is 5.36. The lowest BCUT2D eigenvalue weighted by Crippen LogP contribution is -2.16. The van der Waals surface area contributed by atoms with Gasteiger partial charge in [-0.3, -0.25) is 0 Å². The van der Waals surface area contributed by atoms with E-state index in [9.17, 15) is 0 Å². The fourth-order valence-corrected chi connectivity index (χ4v) is 2.21. The van der Waals surface area contributed by atoms with Crippen LogP contribution >= 0.6 is 45.3 Å². The third kappa shape index (κ3) is 3.19. The minimum atomic E-state index is 0. The van der Waals surface area contributed by atoms with Crippen molar-refractivity contribution in [3.05, 3.63) is 10.6 Å². The van der Waals surface area contributed by atoms with Gasteiger partial charge in [-0.25, -0.2) is 4.98 Å². The van der Waals surface area contributed by atoms with E-state index >= 15 is 0 Å². The summed E-state index contributed by atoms with van der Waals surface area (Å²) in [5, 5.41) is 4.04. The maximum absolute atomic E-state index is 5.60. The molecule has 6 heteroatoms. The summed E-state index contributed by atoms with van der Waals surface area (Å²) in [6.07, 6.45) is 2.12. The molecule has 0 aromatic carbocycles. The van der Waals surface area contributed by atoms with Crippen LogP contribution in [0.4, 0.5) is 5.13 Å². The molecule has 2 heterocycles. The number of anilines is 1. The molecule has 0 unspecified atom stereocenters. The van der Waals surface area contributed by atoms with Gasteiger partial charge < -0.3 is 11.1 Å². The van der Waals surface area contributed by atoms with E-state index in [4.69, 9.17) is 5.73 Å². The zero-order valence-corrected chi connectivity index (χ0v) is 11.3. The highest BCUT2D eigenvalue weighted by Gasteiger charge is 2.11. The third-order valence-corrected chi connectivity index (χ3v) is 2.85. The standard InChI is InChI=1S/C7H11N3S.2BrH/c8-7-10-5-1-3-9-4-2-6(5)11-7;;/h9H,1-4H2,(H2,8,10);2*1H. The molecule has 0 amide bonds. The summed E-state index contributed by atoms with van der Waals surface area (Å²) >= 11 is 1.63. The van der Waals surface area contributed by atoms with Gasteiger partial charge in [-0.05, 0) is 6.42 Å². The normalized spacial score (nSPS) is 14.8. The number of fused-ring (bicyclic) bond motifs is 1. The molecule has 0 radical (unpaired) electrons. The Labute approximate surface area is 103 Å². The highest BCUT2D eigenvalue weighted by molar-refractivity contribution is 8.93. The van der Waals surface area contributed by atoms with E-state index in [1.807, 2.05) is 0 Å². The van der Waals surface area contributed by atoms with Gasteiger partial charge in [-0.2, -0.15) is 0 Å². The topological polar surface area (TPSA) is 50.9 Å². The number of nitrogens with zero attached hydrogens (tertiary/aromatic N) is 1. The minimum Gasteiger partial charge on any atom is -0.375 e. The van der Waals surface area contributed by atoms with Gasteiger partial charge >= 0.3 is 0 Å². The van der Waals surface area contributed by atoms with Crippen molar-refractivity contribution in [1.82, 2.24) is 10.3 Å². The van der Waals surface area contributed by atoms with Crippen molar-refractivity contribution in [3.63, 3.8) is 0 Å². The maximum atomic E-state index is 5.60. The fraction of sp³-hybridized carbons (Fsp3) is 0.571. The second kappa shape index (κ2) is 5.95. The number of halogens is 2. The van der Waals surface area contributed by atoms with E-state index in [1.165, 1.54) is 10.6 Å². The first kappa shape index (κ1) is 13.4. The van der Waals surface area contributed by atoms with Gasteiger partial charge in [0.15, 0.2) is 5.13 Å². The summed E-state index contributed by atoms with van der Waals surface area (Å²) in [4.78, 5) is 5.64. The Morgan fingerprint density at radius 1 is 1.23 bits per heavy atom. The Kier molecular flexibility index (Phi) is 6.11. The molecular weight excluding hydrogens is 318 g/mol. The van der Waals surface area contributed by atoms with Crippen LogP contribution in [0.1, 0.15) is 10.6 Å². The number of hydrogen-bond donors (Lipinski definition) is 2. The Morgan fingerprint density at radius 3 is 2.69 bits per heavy atom. The molecule has 0 aliphatic carbocycles. The van der Waals surface area contributed by atoms with Crippen molar-refractivity contribution in [2.75, 3.05) is 18.8 Å². The van der Waals surface area contributed by atoms with Crippen LogP contribution in [0.3, 0.4) is 0 Å². The fourth-order valence-electron chi connectivity index (χ4n) is 1.33. The monoisotopic (exact) mass is 329 g/mol. The van der Waals surface area contributed by atoms with E-state index in [2.05, 4.69) is 10.3 Å². The van der Waals surface area contributed by atoms with Gasteiger partial charge in [0, 0.05) is 24.4 Å². The number of nitrogen functional groups attached to an aromatic ring is 1. The van der Waals surface area contributed by atoms with Crippen LogP contribution in [-0.2, 0) is 12.8 Å². The molecule has 0 fully saturated rings. The van der Waals surface area contributed by atoms with Gasteiger partial charge in [0.05, 0.1) is 5.69 Å². The average Bonchev–Trinajstić information content (AvgIpc) is 2.17. The SMILES string of the molecule is Br.Br.Nc1nc2c(s1)CCNCC2. The summed E-state index contributed by atoms with van der Waals surface area (Å²) in [6, 6.07) is 0. The molecular formula is C7H13Br2N3S. The van der Waals surface area contributed by atoms with Gasteiger partial charge in [0.25, 0.3) is 0 Å². The van der Waals surface area contributed by atoms with Crippen molar-refractivity contribution < 1.29 is 0 Å². The number of rotatable bonds is 0. The van der Waals surface area contributed by atoms with Crippen molar-refractivity contribution in [2.24, 2.45) is 0 Å². The Hall–Kier alpha value is 0.350. The third-order valence-electron chi connectivity index (χ3n) is 1.86. The van der Waals surface area contributed by atoms with Crippen LogP contribution < -0.4 is 11.1 Å². The molecule has 0 saturated heterocycles. The number of nitrogens with one attached hydrogen (secondary N) is 1. The first-order valence-electron chi connectivity index (χ1n) is 3.81. The molecule has 0 atom stereocenters. The Morgan fingerprint density at radius 2 is 1.92 bits per heavy atom. The predicted molar refractivity (Wildman–Crippen MR) is 67.4 cm³/mol. The molecule has 0 saturated carbocycles. The summed E-state index contributed by atoms with van der Waals surface area (Å²) in [5.74, 6) is 0. The van der Waals surface area contributed by atoms with E-state index in [0.717, 1.165) is 31.1 Å². The first-order valence-corrected chi connectivity index (χ1v) is 4.62. The highest BCUT2D eigenvalue weighted by atomic mass is 79.9. The van der Waals surface area contributed by atoms with Crippen LogP contribution in [0.5, 0.6) is 0 Å². The summed E-state index contributed by atoms with van der Waals surface area (Å²) < 4.78 is 0. The van der Waals surface area contributed by atoms with Crippen molar-refractivity contribution >= 4 is 50.4 Å². The van der Waals surface area contributed by atoms with Crippen molar-refractivity contribution in [1.29, 1.82) is 0 Å². The van der Waals surface area contributed by atoms with Crippen molar-refractivity contribution in [3.8, 4) is 0 Å². The molecule has 1 aliphatic heterocycles. The van der Waals surface area contributed by atoms with Gasteiger partial charge in [0.1, 0.15) is 0 Å². The Bertz CT molecular complexity index is 241. The highest BCUT2D eigenvalue weighted by Crippen LogP contribution is 2.22. The average molecular weight is 331 g/mol. The molecule has 0 bridgehead atoms. The lowest BCUT2D eigenvalue weighted by Gasteiger charge is -1.93. The van der Waals surface area contributed by atoms with Crippen molar-refractivity contribution in [2.45, 2.75) is 12.8 Å². The van der Waals surface area contributed by atoms with Gasteiger partial charge in [-0.1, -0.05) is 0 Å². The Balaban J connectivity index is 0.000000720. The molecule has 1 aromatic heterocycles. The minimum absolute atomic E-state index is 0. The smallest absolute Gasteiger partial charge is 0.180 e. The van der Waals surface area contributed by atoms with E-state index in [-0.39, 0.29) is 34.0 Å². The molecule has 0 spiro atoms. The number of thiazole rings is 1. The van der Waals surface area contributed by atoms with Crippen LogP contribution in [0.2, 0.25) is 0 Å². The lowest BCUT2D eigenvalue weighted by atomic mass is 10.2. The summed E-state index contributed by atoms with van der Waals surface area (Å²) in [6.45, 7) is 2.10. The zero-order chi connectivity index (χ0) is 7.68. The van der Waals surface area contributed by atoms with E-state index in [1.54, 1.807) is 11.3 Å². The lowest BCUT2D eigenvalue weighted by molar-refractivity contribution is 0.709. The largest absolute Gasteiger partial charge is 0.375 e. The molecule has 76 valence electrons. The van der Waals surface area contributed by atoms with E-state index < -0.39 is 0 Å². The summed E-state index contributed by atoms with van der Waals surface area (Å²) in [5.41, 5.74) is 6.80. The molecule has 1 aliphatic rings. The number of nitrogens with two attached hydrogens (primary N) is 1. The van der Waals surface area contributed by atoms with Crippen LogP contribution in [0, 0.1) is 0 Å². The zero-order valence-electron chi connectivity index (χ0n) is 7.08. The van der Waals surface area contributed by atoms with Gasteiger partial charge in [-0.15, -0.1) is 45.3 Å². The van der Waals surface area contributed by atoms with Crippen LogP contribution in [0.25, 0.3) is 0 Å². The second-order valence-corrected chi connectivity index (χ2v) is 3.79. The van der Waals surface area contributed by atoms with E-state index in [0.29, 0.717) is 0 Å². The van der Waals surface area contributed by atoms with Gasteiger partial charge in [0.2, 0.25) is 0 Å². The molecule has 2 rings (SSSR count). The molecule has 1 aromatic rings. The molecule has 13 heavy (non-hydrogen) atoms. The summed E-state index contributed by atoms with van der Waals surface area (Å²) in [7, 11) is 0. The molecule has 3 N–H and O–H groups in total. The van der Waals surface area contributed by atoms with Crippen LogP contribution in [-0.4, -0.2) is 18.1 Å². The second-order valence-electron chi connectivity index (χ2n) is 2.67. The maximum Gasteiger partial charge on any atom is 0.180 e. The van der Waals surface area contributed by atoms with Crippen LogP contribution in [0.15, 0.2) is 0 Å². The predicted octanol–water partition coefficient (Wildman–Crippen LogP) is 1.57. The number of hydrogen-bond acceptors (Lipinski definition) is 4.